The van der Waals surface area contributed by atoms with Crippen LogP contribution < -0.4 is 15.0 Å². The summed E-state index contributed by atoms with van der Waals surface area (Å²) in [5.74, 6) is 3.03. The largest absolute Gasteiger partial charge is 0.490 e. The molecule has 2 aliphatic carbocycles. The fourth-order valence-electron chi connectivity index (χ4n) is 9.27. The summed E-state index contributed by atoms with van der Waals surface area (Å²) in [5, 5.41) is 31.5. The van der Waals surface area contributed by atoms with Gasteiger partial charge >= 0.3 is 0 Å². The van der Waals surface area contributed by atoms with Crippen LogP contribution in [0.15, 0.2) is 59.6 Å². The molecule has 3 fully saturated rings. The first kappa shape index (κ1) is 39.3. The third kappa shape index (κ3) is 7.86. The lowest BCUT2D eigenvalue weighted by Crippen LogP contribution is -2.53. The zero-order valence-electron chi connectivity index (χ0n) is 33.9. The summed E-state index contributed by atoms with van der Waals surface area (Å²) >= 11 is 7.95. The highest BCUT2D eigenvalue weighted by molar-refractivity contribution is 7.15. The first-order valence-corrected chi connectivity index (χ1v) is 21.8. The zero-order chi connectivity index (χ0) is 40.8. The van der Waals surface area contributed by atoms with Crippen LogP contribution in [-0.4, -0.2) is 67.9 Å². The predicted molar refractivity (Wildman–Crippen MR) is 228 cm³/mol. The van der Waals surface area contributed by atoms with E-state index in [1.54, 1.807) is 35.6 Å². The van der Waals surface area contributed by atoms with Gasteiger partial charge in [0.2, 0.25) is 0 Å². The van der Waals surface area contributed by atoms with Crippen LogP contribution >= 0.6 is 22.9 Å². The molecule has 12 nitrogen and oxygen atoms in total. The monoisotopic (exact) mass is 829 g/mol. The number of benzene rings is 2. The van der Waals surface area contributed by atoms with Crippen LogP contribution in [0, 0.1) is 37.5 Å². The molecule has 2 aliphatic heterocycles. The van der Waals surface area contributed by atoms with Gasteiger partial charge in [-0.1, -0.05) is 35.9 Å². The van der Waals surface area contributed by atoms with Gasteiger partial charge in [-0.05, 0) is 120 Å². The minimum absolute atomic E-state index is 0.0342. The fraction of sp³-hybridized carbons (Fsp3) is 0.444. The van der Waals surface area contributed by atoms with Crippen LogP contribution in [0.4, 0.5) is 5.82 Å². The second kappa shape index (κ2) is 16.1. The summed E-state index contributed by atoms with van der Waals surface area (Å²) in [5.41, 5.74) is 6.65. The van der Waals surface area contributed by atoms with Crippen molar-refractivity contribution in [1.29, 1.82) is 5.26 Å². The molecule has 59 heavy (non-hydrogen) atoms. The summed E-state index contributed by atoms with van der Waals surface area (Å²) in [7, 11) is 0. The molecule has 304 valence electrons. The molecule has 14 heteroatoms. The molecule has 5 heterocycles. The van der Waals surface area contributed by atoms with E-state index in [2.05, 4.69) is 86.3 Å². The maximum absolute atomic E-state index is 13.1. The molecule has 1 atom stereocenters. The van der Waals surface area contributed by atoms with E-state index in [4.69, 9.17) is 31.3 Å². The molecule has 1 amide bonds. The van der Waals surface area contributed by atoms with E-state index < -0.39 is 0 Å². The minimum atomic E-state index is -0.202. The number of aryl methyl sites for hydroxylation is 2. The number of aromatic nitrogens is 5. The van der Waals surface area contributed by atoms with Crippen LogP contribution in [0.1, 0.15) is 119 Å². The number of fused-ring (bicyclic) bond motifs is 3. The fourth-order valence-corrected chi connectivity index (χ4v) is 10.7. The number of hydrogen-bond acceptors (Lipinski definition) is 11. The Bertz CT molecular complexity index is 2440. The predicted octanol–water partition coefficient (Wildman–Crippen LogP) is 8.57. The topological polar surface area (TPSA) is 143 Å². The van der Waals surface area contributed by atoms with Crippen LogP contribution in [0.3, 0.4) is 0 Å². The number of nitrogens with zero attached hydrogens (tertiary/aromatic N) is 8. The second-order valence-corrected chi connectivity index (χ2v) is 18.3. The standard InChI is InChI=1S/C45H48ClN9O3S/c1-26-28(3)59-44-40(26)41(48-27(2)42-53-50-29(4)55(42)44)31-8-6-30(7-9-31)24-57-36-21-45(22-36)18-5-19-54(25-45)39-17-16-38(51-52-39)43(56)49-33-11-14-34(15-12-33)58-35-13-10-32(23-47)37(46)20-35/h6-10,13,16-17,20,27,33-34,36H,5,11-12,14-15,18-19,21-22,24-25H2,1-4H3,(H,49,56)/t27-,33?,34?,36?,45?/m0/s1. The third-order valence-corrected chi connectivity index (χ3v) is 14.1. The number of piperidine rings is 1. The van der Waals surface area contributed by atoms with Crippen molar-refractivity contribution >= 4 is 40.4 Å². The number of carbonyl (C=O) groups is 1. The Morgan fingerprint density at radius 3 is 2.53 bits per heavy atom. The quantitative estimate of drug-likeness (QED) is 0.155. The number of hydrogen-bond donors (Lipinski definition) is 1. The average molecular weight is 830 g/mol. The van der Waals surface area contributed by atoms with E-state index in [-0.39, 0.29) is 35.6 Å². The van der Waals surface area contributed by atoms with Gasteiger partial charge < -0.3 is 19.7 Å². The smallest absolute Gasteiger partial charge is 0.272 e. The number of nitriles is 1. The van der Waals surface area contributed by atoms with Crippen molar-refractivity contribution in [2.75, 3.05) is 18.0 Å². The second-order valence-electron chi connectivity index (χ2n) is 16.7. The van der Waals surface area contributed by atoms with E-state index in [9.17, 15) is 4.79 Å². The van der Waals surface area contributed by atoms with Crippen molar-refractivity contribution in [3.05, 3.63) is 110 Å². The minimum Gasteiger partial charge on any atom is -0.490 e. The number of halogens is 1. The number of carbonyl (C=O) groups excluding carboxylic acids is 1. The molecule has 2 aromatic carbocycles. The number of thiophene rings is 1. The van der Waals surface area contributed by atoms with Crippen LogP contribution in [0.5, 0.6) is 5.75 Å². The van der Waals surface area contributed by atoms with Crippen molar-refractivity contribution in [2.24, 2.45) is 10.4 Å². The summed E-state index contributed by atoms with van der Waals surface area (Å²) in [6, 6.07) is 19.6. The lowest BCUT2D eigenvalue weighted by atomic mass is 9.62. The van der Waals surface area contributed by atoms with Crippen LogP contribution in [-0.2, 0) is 11.3 Å². The Morgan fingerprint density at radius 2 is 1.80 bits per heavy atom. The van der Waals surface area contributed by atoms with Crippen molar-refractivity contribution in [3.63, 3.8) is 0 Å². The molecule has 5 aromatic rings. The summed E-state index contributed by atoms with van der Waals surface area (Å²) in [4.78, 5) is 21.9. The number of nitrogens with one attached hydrogen (secondary N) is 1. The molecule has 4 aliphatic rings. The normalized spacial score (nSPS) is 23.7. The molecule has 9 rings (SSSR count). The molecule has 0 unspecified atom stereocenters. The SMILES string of the molecule is Cc1sc2c(c1C)C(c1ccc(COC3CC4(CCCN(c5ccc(C(=O)NC6CCC(Oc7ccc(C#N)c(Cl)c7)CC6)nn5)C4)C3)cc1)=N[C@@H](C)c1nnc(C)n1-2. The molecule has 3 aromatic heterocycles. The van der Waals surface area contributed by atoms with Crippen molar-refractivity contribution in [3.8, 4) is 16.8 Å². The highest BCUT2D eigenvalue weighted by Crippen LogP contribution is 2.49. The molecule has 0 bridgehead atoms. The Balaban J connectivity index is 0.747. The van der Waals surface area contributed by atoms with Gasteiger partial charge in [0.25, 0.3) is 5.91 Å². The molecule has 0 radical (unpaired) electrons. The van der Waals surface area contributed by atoms with Crippen molar-refractivity contribution in [1.82, 2.24) is 30.3 Å². The van der Waals surface area contributed by atoms with E-state index in [0.29, 0.717) is 28.6 Å². The Kier molecular flexibility index (Phi) is 10.7. The van der Waals surface area contributed by atoms with Crippen molar-refractivity contribution < 1.29 is 14.3 Å². The number of rotatable bonds is 9. The first-order chi connectivity index (χ1) is 28.6. The van der Waals surface area contributed by atoms with Gasteiger partial charge in [0.1, 0.15) is 28.7 Å². The van der Waals surface area contributed by atoms with Gasteiger partial charge in [0.15, 0.2) is 17.3 Å². The number of aliphatic imine (C=N–C) groups is 1. The first-order valence-electron chi connectivity index (χ1n) is 20.6. The Morgan fingerprint density at radius 1 is 1.00 bits per heavy atom. The Hall–Kier alpha value is -5.16. The van der Waals surface area contributed by atoms with Gasteiger partial charge in [-0.15, -0.1) is 31.7 Å². The van der Waals surface area contributed by atoms with Gasteiger partial charge in [0.05, 0.1) is 35.1 Å². The Labute approximate surface area is 353 Å². The maximum atomic E-state index is 13.1. The van der Waals surface area contributed by atoms with E-state index in [1.807, 2.05) is 13.0 Å². The molecule has 1 spiro atoms. The maximum Gasteiger partial charge on any atom is 0.272 e. The lowest BCUT2D eigenvalue weighted by molar-refractivity contribution is -0.0930. The summed E-state index contributed by atoms with van der Waals surface area (Å²) in [6.45, 7) is 10.9. The summed E-state index contributed by atoms with van der Waals surface area (Å²) < 4.78 is 14.8. The van der Waals surface area contributed by atoms with E-state index in [0.717, 1.165) is 97.3 Å². The highest BCUT2D eigenvalue weighted by atomic mass is 35.5. The van der Waals surface area contributed by atoms with Crippen molar-refractivity contribution in [2.45, 2.75) is 110 Å². The molecular weight excluding hydrogens is 782 g/mol. The highest BCUT2D eigenvalue weighted by Gasteiger charge is 2.47. The zero-order valence-corrected chi connectivity index (χ0v) is 35.4. The third-order valence-electron chi connectivity index (χ3n) is 12.6. The average Bonchev–Trinajstić information content (AvgIpc) is 3.72. The number of ether oxygens (including phenoxy) is 2. The van der Waals surface area contributed by atoms with Gasteiger partial charge in [0, 0.05) is 41.2 Å². The number of anilines is 1. The van der Waals surface area contributed by atoms with Gasteiger partial charge in [-0.25, -0.2) is 0 Å². The number of amides is 1. The molecule has 1 saturated heterocycles. The lowest BCUT2D eigenvalue weighted by Gasteiger charge is -2.52. The molecule has 2 saturated carbocycles. The van der Waals surface area contributed by atoms with Crippen LogP contribution in [0.2, 0.25) is 5.02 Å². The summed E-state index contributed by atoms with van der Waals surface area (Å²) in [6.07, 6.45) is 7.81. The molecular formula is C45H48ClN9O3S. The van der Waals surface area contributed by atoms with E-state index >= 15 is 0 Å². The van der Waals surface area contributed by atoms with E-state index in [1.165, 1.54) is 22.4 Å². The molecule has 1 N–H and O–H groups in total. The van der Waals surface area contributed by atoms with Crippen LogP contribution in [0.25, 0.3) is 5.00 Å². The van der Waals surface area contributed by atoms with Gasteiger partial charge in [-0.2, -0.15) is 5.26 Å². The van der Waals surface area contributed by atoms with Gasteiger partial charge in [-0.3, -0.25) is 14.4 Å².